The molecular weight excluding hydrogens is 444 g/mol. The Balaban J connectivity index is 1.34. The summed E-state index contributed by atoms with van der Waals surface area (Å²) in [5, 5.41) is 2.93. The lowest BCUT2D eigenvalue weighted by atomic mass is 10.0. The Bertz CT molecular complexity index is 1440. The SMILES string of the molecule is O=C(COC(=O)c1c2c(nc3ccccc13)/C(=C/c1ccco1)CC2)NC(=O)Cc1ccccc1. The van der Waals surface area contributed by atoms with Gasteiger partial charge < -0.3 is 9.15 Å². The molecule has 0 spiro atoms. The van der Waals surface area contributed by atoms with Crippen LogP contribution in [-0.2, 0) is 27.2 Å². The number of fused-ring (bicyclic) bond motifs is 2. The number of carbonyl (C=O) groups excluding carboxylic acids is 3. The smallest absolute Gasteiger partial charge is 0.339 e. The fraction of sp³-hybridized carbons (Fsp3) is 0.143. The highest BCUT2D eigenvalue weighted by molar-refractivity contribution is 6.08. The van der Waals surface area contributed by atoms with Crippen molar-refractivity contribution in [1.29, 1.82) is 0 Å². The van der Waals surface area contributed by atoms with Crippen LogP contribution in [0.5, 0.6) is 0 Å². The quantitative estimate of drug-likeness (QED) is 0.424. The number of furan rings is 1. The summed E-state index contributed by atoms with van der Waals surface area (Å²) in [6, 6.07) is 20.1. The number of nitrogens with zero attached hydrogens (tertiary/aromatic N) is 1. The fourth-order valence-corrected chi connectivity index (χ4v) is 4.28. The molecule has 1 N–H and O–H groups in total. The number of benzene rings is 2. The predicted octanol–water partition coefficient (Wildman–Crippen LogP) is 4.36. The molecule has 0 fully saturated rings. The standard InChI is InChI=1S/C28H22N2O5/c31-24(15-18-7-2-1-3-8-18)30-25(32)17-35-28(33)26-21-10-4-5-11-23(21)29-27-19(12-13-22(26)27)16-20-9-6-14-34-20/h1-11,14,16H,12-13,15,17H2,(H,30,31,32)/b19-16+. The van der Waals surface area contributed by atoms with Crippen LogP contribution in [0.3, 0.4) is 0 Å². The van der Waals surface area contributed by atoms with E-state index in [0.717, 1.165) is 22.4 Å². The molecule has 1 aliphatic carbocycles. The number of aromatic nitrogens is 1. The van der Waals surface area contributed by atoms with Gasteiger partial charge in [0.1, 0.15) is 5.76 Å². The molecule has 0 bridgehead atoms. The highest BCUT2D eigenvalue weighted by Crippen LogP contribution is 2.37. The first kappa shape index (κ1) is 22.3. The van der Waals surface area contributed by atoms with E-state index in [-0.39, 0.29) is 6.42 Å². The van der Waals surface area contributed by atoms with E-state index in [1.165, 1.54) is 0 Å². The Hall–Kier alpha value is -4.52. The highest BCUT2D eigenvalue weighted by Gasteiger charge is 2.28. The number of hydrogen-bond acceptors (Lipinski definition) is 6. The molecule has 0 aliphatic heterocycles. The zero-order chi connectivity index (χ0) is 24.2. The van der Waals surface area contributed by atoms with Gasteiger partial charge in [0, 0.05) is 5.39 Å². The number of esters is 1. The van der Waals surface area contributed by atoms with Gasteiger partial charge in [0.15, 0.2) is 6.61 Å². The summed E-state index contributed by atoms with van der Waals surface area (Å²) in [6.45, 7) is -0.556. The number of para-hydroxylation sites is 1. The molecule has 5 rings (SSSR count). The second-order valence-electron chi connectivity index (χ2n) is 8.23. The molecule has 0 atom stereocenters. The van der Waals surface area contributed by atoms with Crippen LogP contribution >= 0.6 is 0 Å². The van der Waals surface area contributed by atoms with Crippen molar-refractivity contribution in [2.45, 2.75) is 19.3 Å². The van der Waals surface area contributed by atoms with Crippen molar-refractivity contribution in [2.24, 2.45) is 0 Å². The molecule has 35 heavy (non-hydrogen) atoms. The van der Waals surface area contributed by atoms with E-state index in [0.29, 0.717) is 35.1 Å². The number of nitrogens with one attached hydrogen (secondary N) is 1. The van der Waals surface area contributed by atoms with Crippen molar-refractivity contribution in [3.63, 3.8) is 0 Å². The minimum absolute atomic E-state index is 0.0633. The van der Waals surface area contributed by atoms with Crippen LogP contribution in [0.4, 0.5) is 0 Å². The summed E-state index contributed by atoms with van der Waals surface area (Å²) in [6.07, 6.45) is 4.91. The monoisotopic (exact) mass is 466 g/mol. The number of pyridine rings is 1. The summed E-state index contributed by atoms with van der Waals surface area (Å²) in [5.41, 5.74) is 4.33. The zero-order valence-electron chi connectivity index (χ0n) is 18.8. The van der Waals surface area contributed by atoms with Gasteiger partial charge in [-0.05, 0) is 53.8 Å². The summed E-state index contributed by atoms with van der Waals surface area (Å²) >= 11 is 0. The number of hydrogen-bond donors (Lipinski definition) is 1. The van der Waals surface area contributed by atoms with E-state index < -0.39 is 24.4 Å². The van der Waals surface area contributed by atoms with E-state index in [1.54, 1.807) is 18.4 Å². The molecular formula is C28H22N2O5. The molecule has 7 nitrogen and oxygen atoms in total. The van der Waals surface area contributed by atoms with Gasteiger partial charge in [-0.15, -0.1) is 0 Å². The molecule has 0 radical (unpaired) electrons. The molecule has 4 aromatic rings. The van der Waals surface area contributed by atoms with E-state index >= 15 is 0 Å². The number of carbonyl (C=O) groups is 3. The minimum atomic E-state index is -0.673. The van der Waals surface area contributed by atoms with Gasteiger partial charge >= 0.3 is 5.97 Å². The third-order valence-corrected chi connectivity index (χ3v) is 5.83. The van der Waals surface area contributed by atoms with E-state index in [2.05, 4.69) is 5.32 Å². The lowest BCUT2D eigenvalue weighted by molar-refractivity contribution is -0.132. The van der Waals surface area contributed by atoms with Crippen LogP contribution in [0.25, 0.3) is 22.6 Å². The van der Waals surface area contributed by atoms with Gasteiger partial charge in [-0.2, -0.15) is 0 Å². The third kappa shape index (κ3) is 4.89. The zero-order valence-corrected chi connectivity index (χ0v) is 18.8. The van der Waals surface area contributed by atoms with Crippen LogP contribution in [0.2, 0.25) is 0 Å². The average Bonchev–Trinajstić information content (AvgIpc) is 3.52. The molecule has 1 aliphatic rings. The summed E-state index contributed by atoms with van der Waals surface area (Å²) in [7, 11) is 0. The van der Waals surface area contributed by atoms with Gasteiger partial charge in [-0.1, -0.05) is 48.5 Å². The van der Waals surface area contributed by atoms with Crippen LogP contribution in [0.1, 0.15) is 39.4 Å². The maximum absolute atomic E-state index is 13.2. The highest BCUT2D eigenvalue weighted by atomic mass is 16.5. The second kappa shape index (κ2) is 9.77. The third-order valence-electron chi connectivity index (χ3n) is 5.83. The van der Waals surface area contributed by atoms with Gasteiger partial charge in [0.25, 0.3) is 5.91 Å². The Morgan fingerprint density at radius 3 is 2.54 bits per heavy atom. The minimum Gasteiger partial charge on any atom is -0.465 e. The first-order valence-corrected chi connectivity index (χ1v) is 11.3. The van der Waals surface area contributed by atoms with E-state index in [1.807, 2.05) is 60.7 Å². The molecule has 2 aromatic heterocycles. The van der Waals surface area contributed by atoms with Crippen LogP contribution in [0.15, 0.2) is 77.4 Å². The molecule has 2 aromatic carbocycles. The number of rotatable bonds is 6. The van der Waals surface area contributed by atoms with Crippen molar-refractivity contribution in [3.8, 4) is 0 Å². The number of amides is 2. The van der Waals surface area contributed by atoms with Crippen LogP contribution in [0, 0.1) is 0 Å². The van der Waals surface area contributed by atoms with Crippen molar-refractivity contribution in [1.82, 2.24) is 10.3 Å². The maximum atomic E-state index is 13.2. The van der Waals surface area contributed by atoms with Crippen molar-refractivity contribution in [3.05, 3.63) is 101 Å². The topological polar surface area (TPSA) is 98.5 Å². The summed E-state index contributed by atoms with van der Waals surface area (Å²) in [5.74, 6) is -1.04. The van der Waals surface area contributed by atoms with Crippen molar-refractivity contribution in [2.75, 3.05) is 6.61 Å². The number of ether oxygens (including phenoxy) is 1. The number of imide groups is 1. The van der Waals surface area contributed by atoms with Gasteiger partial charge in [0.05, 0.1) is 29.5 Å². The molecule has 2 amide bonds. The first-order valence-electron chi connectivity index (χ1n) is 11.3. The largest absolute Gasteiger partial charge is 0.465 e. The van der Waals surface area contributed by atoms with Gasteiger partial charge in [-0.3, -0.25) is 14.9 Å². The molecule has 2 heterocycles. The van der Waals surface area contributed by atoms with Gasteiger partial charge in [-0.25, -0.2) is 9.78 Å². The van der Waals surface area contributed by atoms with Crippen LogP contribution < -0.4 is 5.32 Å². The number of allylic oxidation sites excluding steroid dienone is 1. The average molecular weight is 466 g/mol. The molecule has 7 heteroatoms. The lowest BCUT2D eigenvalue weighted by Gasteiger charge is -2.12. The van der Waals surface area contributed by atoms with Crippen molar-refractivity contribution < 1.29 is 23.5 Å². The Kier molecular flexibility index (Phi) is 6.22. The molecule has 174 valence electrons. The second-order valence-corrected chi connectivity index (χ2v) is 8.23. The van der Waals surface area contributed by atoms with Crippen LogP contribution in [-0.4, -0.2) is 29.4 Å². The molecule has 0 saturated carbocycles. The van der Waals surface area contributed by atoms with E-state index in [4.69, 9.17) is 14.1 Å². The molecule has 0 saturated heterocycles. The van der Waals surface area contributed by atoms with Crippen molar-refractivity contribution >= 4 is 40.3 Å². The molecule has 0 unspecified atom stereocenters. The Labute approximate surface area is 201 Å². The Morgan fingerprint density at radius 2 is 1.74 bits per heavy atom. The maximum Gasteiger partial charge on any atom is 0.339 e. The lowest BCUT2D eigenvalue weighted by Crippen LogP contribution is -2.35. The predicted molar refractivity (Wildman–Crippen MR) is 130 cm³/mol. The fourth-order valence-electron chi connectivity index (χ4n) is 4.28. The normalized spacial score (nSPS) is 13.5. The summed E-state index contributed by atoms with van der Waals surface area (Å²) < 4.78 is 10.8. The summed E-state index contributed by atoms with van der Waals surface area (Å²) in [4.78, 5) is 42.4. The van der Waals surface area contributed by atoms with Gasteiger partial charge in [0.2, 0.25) is 5.91 Å². The Morgan fingerprint density at radius 1 is 0.943 bits per heavy atom. The first-order chi connectivity index (χ1) is 17.1. The van der Waals surface area contributed by atoms with E-state index in [9.17, 15) is 14.4 Å².